The summed E-state index contributed by atoms with van der Waals surface area (Å²) >= 11 is 0. The Morgan fingerprint density at radius 3 is 0.750 bits per heavy atom. The van der Waals surface area contributed by atoms with Crippen molar-refractivity contribution >= 4 is 0 Å². The lowest BCUT2D eigenvalue weighted by Crippen LogP contribution is -0.976. The van der Waals surface area contributed by atoms with Gasteiger partial charge in [0.1, 0.15) is 11.2 Å². The van der Waals surface area contributed by atoms with Crippen molar-refractivity contribution in [1.29, 1.82) is 0 Å². The van der Waals surface area contributed by atoms with Gasteiger partial charge in [-0.3, -0.25) is 0 Å². The summed E-state index contributed by atoms with van der Waals surface area (Å²) in [7, 11) is 0. The van der Waals surface area contributed by atoms with Gasteiger partial charge >= 0.3 is 0 Å². The molecule has 0 saturated heterocycles. The van der Waals surface area contributed by atoms with E-state index in [4.69, 9.17) is 21.0 Å². The molecule has 4 heavy (non-hydrogen) atoms. The predicted octanol–water partition coefficient (Wildman–Crippen LogP) is -0.894. The van der Waals surface area contributed by atoms with Gasteiger partial charge in [0.15, 0.2) is 0 Å². The fourth-order valence-corrected chi connectivity index (χ4v) is 0. The molecular weight excluding hydrogens is 60.0 g/mol. The SMILES string of the molecule is [N]=O.[N]=O. The first-order valence-corrected chi connectivity index (χ1v) is 0.365. The highest BCUT2D eigenvalue weighted by Gasteiger charge is 0.719. The summed E-state index contributed by atoms with van der Waals surface area (Å²) < 4.78 is 0. The third kappa shape index (κ3) is 0.0750. The van der Waals surface area contributed by atoms with Crippen molar-refractivity contribution in [2.24, 2.45) is 0 Å². The Balaban J connectivity index is 0. The van der Waals surface area contributed by atoms with E-state index in [1.165, 1.54) is 0 Å². The summed E-state index contributed by atoms with van der Waals surface area (Å²) in [4.78, 5) is 14.5. The molecule has 0 rings (SSSR count). The Bertz CT molecular complexity index is 6.00. The Kier molecular flexibility index (Phi) is 13.3. The fourth-order valence-electron chi connectivity index (χ4n) is 0. The fraction of sp³-hybridized carbons (Fsp3) is 0. The Morgan fingerprint density at radius 2 is 0.750 bits per heavy atom. The Hall–Kier alpha value is -0.800. The summed E-state index contributed by atoms with van der Waals surface area (Å²) in [6, 6.07) is 0. The molecule has 0 unspecified atom stereocenters. The van der Waals surface area contributed by atoms with Crippen LogP contribution in [0.1, 0.15) is 0 Å². The van der Waals surface area contributed by atoms with Gasteiger partial charge < -0.3 is 0 Å². The molecule has 0 aliphatic carbocycles. The number of rotatable bonds is 0. The van der Waals surface area contributed by atoms with E-state index in [0.29, 0.717) is 0 Å². The molecule has 0 saturated carbocycles. The molecular formula is N2O2. The van der Waals surface area contributed by atoms with E-state index < -0.39 is 0 Å². The lowest BCUT2D eigenvalue weighted by molar-refractivity contribution is 1.81. The average Bonchev–Trinajstić information content (AvgIpc) is 1.50. The molecule has 2 radical (unpaired) electrons. The quantitative estimate of drug-likeness (QED) is 0.363. The summed E-state index contributed by atoms with van der Waals surface area (Å²) in [6.07, 6.45) is 0. The molecule has 0 aromatic rings. The maximum absolute atomic E-state index is 7.25. The maximum Gasteiger partial charge on any atom is 0.120 e. The van der Waals surface area contributed by atoms with Gasteiger partial charge in [0.2, 0.25) is 0 Å². The van der Waals surface area contributed by atoms with Crippen molar-refractivity contribution in [3.8, 4) is 0 Å². The molecule has 0 aromatic carbocycles. The molecule has 0 aromatic heterocycles. The van der Waals surface area contributed by atoms with Crippen LogP contribution in [0.4, 0.5) is 0 Å². The lowest BCUT2D eigenvalue weighted by Gasteiger charge is -0.717. The topological polar surface area (TPSA) is 78.7 Å². The third-order valence-corrected chi connectivity index (χ3v) is 0. The summed E-state index contributed by atoms with van der Waals surface area (Å²) in [5.74, 6) is 0. The first-order valence-electron chi connectivity index (χ1n) is 0.365. The molecule has 0 bridgehead atoms. The third-order valence-electron chi connectivity index (χ3n) is 0. The molecule has 0 atom stereocenters. The van der Waals surface area contributed by atoms with Crippen molar-refractivity contribution in [2.45, 2.75) is 0 Å². The monoisotopic (exact) mass is 60.0 g/mol. The second kappa shape index (κ2) is 4.95. The molecule has 0 heterocycles. The van der Waals surface area contributed by atoms with Crippen molar-refractivity contribution in [3.63, 3.8) is 0 Å². The number of hydrogen-bond acceptors (Lipinski definition) is 2. The van der Waals surface area contributed by atoms with E-state index in [2.05, 4.69) is 0 Å². The van der Waals surface area contributed by atoms with Crippen LogP contribution in [-0.2, 0) is 0 Å². The smallest absolute Gasteiger partial charge is 0.120 e. The van der Waals surface area contributed by atoms with Gasteiger partial charge in [0.25, 0.3) is 0 Å². The second-order valence-corrected chi connectivity index (χ2v) is 0. The summed E-state index contributed by atoms with van der Waals surface area (Å²) in [6.45, 7) is 0. The van der Waals surface area contributed by atoms with E-state index in [1.54, 1.807) is 0 Å². The van der Waals surface area contributed by atoms with Gasteiger partial charge in [0, 0.05) is 0 Å². The first-order chi connectivity index (χ1) is 2.00. The molecule has 4 heteroatoms. The highest BCUT2D eigenvalue weighted by atomic mass is 16.2. The lowest BCUT2D eigenvalue weighted by atomic mass is 13.8. The molecule has 0 aliphatic rings. The van der Waals surface area contributed by atoms with E-state index >= 15 is 0 Å². The molecule has 0 N–H and O–H groups in total. The standard InChI is InChI=1S/2NO/c2*1-2. The minimum Gasteiger partial charge on any atom is -0.120 e. The molecule has 4 nitrogen and oxygen atoms in total. The van der Waals surface area contributed by atoms with Gasteiger partial charge in [-0.2, -0.15) is 0 Å². The van der Waals surface area contributed by atoms with Crippen molar-refractivity contribution in [2.75, 3.05) is 0 Å². The van der Waals surface area contributed by atoms with Gasteiger partial charge in [-0.15, -0.1) is 9.81 Å². The van der Waals surface area contributed by atoms with E-state index in [9.17, 15) is 0 Å². The van der Waals surface area contributed by atoms with Gasteiger partial charge in [0.05, 0.1) is 0 Å². The number of nitrogens with zero attached hydrogens (tertiary/aromatic N) is 2. The zero-order valence-corrected chi connectivity index (χ0v) is 1.71. The van der Waals surface area contributed by atoms with Crippen LogP contribution in [0.15, 0.2) is 0 Å². The second-order valence-electron chi connectivity index (χ2n) is 0. The van der Waals surface area contributed by atoms with Gasteiger partial charge in [-0.25, -0.2) is 0 Å². The minimum absolute atomic E-state index is 5.75. The maximum atomic E-state index is 7.25. The van der Waals surface area contributed by atoms with E-state index in [-0.39, 0.29) is 0 Å². The van der Waals surface area contributed by atoms with Crippen LogP contribution in [0.2, 0.25) is 0 Å². The molecule has 22 valence electrons. The zero-order chi connectivity index (χ0) is 4.00. The molecule has 0 aliphatic heterocycles. The van der Waals surface area contributed by atoms with Crippen LogP contribution in [0, 0.1) is 9.81 Å². The van der Waals surface area contributed by atoms with Crippen molar-refractivity contribution in [1.82, 2.24) is 11.2 Å². The van der Waals surface area contributed by atoms with Crippen molar-refractivity contribution in [3.05, 3.63) is 9.81 Å². The van der Waals surface area contributed by atoms with Crippen LogP contribution in [-0.4, -0.2) is 0 Å². The highest BCUT2D eigenvalue weighted by Crippen LogP contribution is 0.531. The largest absolute Gasteiger partial charge is 0.120 e. The van der Waals surface area contributed by atoms with Gasteiger partial charge in [-0.1, -0.05) is 0 Å². The van der Waals surface area contributed by atoms with Crippen LogP contribution in [0.5, 0.6) is 0 Å². The minimum atomic E-state index is 5.75. The average molecular weight is 60.0 g/mol. The number of nitroso groups, excluding NO2 is 2. The first kappa shape index (κ1) is 10.8. The van der Waals surface area contributed by atoms with Crippen LogP contribution in [0.25, 0.3) is 0 Å². The summed E-state index contributed by atoms with van der Waals surface area (Å²) in [5, 5.41) is 0. The molecule has 0 spiro atoms. The van der Waals surface area contributed by atoms with E-state index in [0.717, 1.165) is 0 Å². The highest BCUT2D eigenvalue weighted by molar-refractivity contribution is 3.69. The van der Waals surface area contributed by atoms with E-state index in [1.807, 2.05) is 0 Å². The van der Waals surface area contributed by atoms with Crippen molar-refractivity contribution < 1.29 is 0 Å². The predicted molar refractivity (Wildman–Crippen MR) is 11.0 cm³/mol. The Labute approximate surface area is 22.3 Å². The Morgan fingerprint density at radius 1 is 0.750 bits per heavy atom. The summed E-state index contributed by atoms with van der Waals surface area (Å²) in [5.41, 5.74) is 11.5. The molecule has 0 amide bonds. The van der Waals surface area contributed by atoms with Crippen LogP contribution >= 0.6 is 0 Å². The van der Waals surface area contributed by atoms with Gasteiger partial charge in [-0.05, 0) is 0 Å². The number of hydrogen-bond donors (Lipinski definition) is 0. The van der Waals surface area contributed by atoms with Crippen LogP contribution in [0.3, 0.4) is 0 Å². The molecule has 0 fully saturated rings. The van der Waals surface area contributed by atoms with Crippen LogP contribution < -0.4 is 11.2 Å². The normalized spacial score (nSPS) is 2.00. The zero-order valence-electron chi connectivity index (χ0n) is 1.71.